The Bertz CT molecular complexity index is 507. The number of hydrogen-bond acceptors (Lipinski definition) is 5. The number of hydrogen-bond donors (Lipinski definition) is 1. The topological polar surface area (TPSA) is 70.8 Å². The molecule has 2 heterocycles. The van der Waals surface area contributed by atoms with Gasteiger partial charge in [-0.15, -0.1) is 0 Å². The zero-order valence-electron chi connectivity index (χ0n) is 10.9. The molecule has 0 unspecified atom stereocenters. The first-order chi connectivity index (χ1) is 9.66. The lowest BCUT2D eigenvalue weighted by Gasteiger charge is -2.21. The van der Waals surface area contributed by atoms with Crippen LogP contribution >= 0.6 is 23.6 Å². The molecule has 1 N–H and O–H groups in total. The molecule has 0 saturated carbocycles. The first-order valence-electron chi connectivity index (χ1n) is 6.49. The largest absolute Gasteiger partial charge is 0.348 e. The molecule has 1 fully saturated rings. The number of thiocarbonyl (C=S) groups is 1. The van der Waals surface area contributed by atoms with Gasteiger partial charge in [-0.3, -0.25) is 15.5 Å². The average molecular weight is 312 g/mol. The molecule has 0 spiro atoms. The van der Waals surface area contributed by atoms with Crippen LogP contribution in [0.2, 0.25) is 0 Å². The molecular weight excluding hydrogens is 296 g/mol. The molecule has 1 saturated heterocycles. The Balaban J connectivity index is 1.85. The van der Waals surface area contributed by atoms with E-state index < -0.39 is 4.92 Å². The summed E-state index contributed by atoms with van der Waals surface area (Å²) in [7, 11) is 0. The van der Waals surface area contributed by atoms with Gasteiger partial charge in [-0.2, -0.15) is 5.10 Å². The summed E-state index contributed by atoms with van der Waals surface area (Å²) in [6, 6.07) is 3.14. The van der Waals surface area contributed by atoms with Gasteiger partial charge in [0.2, 0.25) is 0 Å². The molecule has 0 aliphatic carbocycles. The molecule has 6 nitrogen and oxygen atoms in total. The number of thiophene rings is 1. The molecule has 0 amide bonds. The van der Waals surface area contributed by atoms with E-state index in [4.69, 9.17) is 12.2 Å². The van der Waals surface area contributed by atoms with Crippen LogP contribution in [0.4, 0.5) is 5.00 Å². The second-order valence-electron chi connectivity index (χ2n) is 4.51. The van der Waals surface area contributed by atoms with E-state index in [1.165, 1.54) is 18.9 Å². The summed E-state index contributed by atoms with van der Waals surface area (Å²) < 4.78 is 0. The molecule has 0 aromatic carbocycles. The SMILES string of the molecule is O=[N+]([O-])c1ccc(/C=N/NC(=S)N2CCCCCC2)s1. The minimum atomic E-state index is -0.405. The van der Waals surface area contributed by atoms with Crippen LogP contribution in [0, 0.1) is 10.1 Å². The lowest BCUT2D eigenvalue weighted by Crippen LogP contribution is -2.37. The van der Waals surface area contributed by atoms with E-state index >= 15 is 0 Å². The summed E-state index contributed by atoms with van der Waals surface area (Å²) in [6.07, 6.45) is 6.37. The lowest BCUT2D eigenvalue weighted by molar-refractivity contribution is -0.380. The van der Waals surface area contributed by atoms with Crippen molar-refractivity contribution in [3.63, 3.8) is 0 Å². The van der Waals surface area contributed by atoms with Crippen molar-refractivity contribution in [2.45, 2.75) is 25.7 Å². The van der Waals surface area contributed by atoms with Crippen LogP contribution in [-0.4, -0.2) is 34.2 Å². The minimum absolute atomic E-state index is 0.113. The van der Waals surface area contributed by atoms with Crippen LogP contribution < -0.4 is 5.43 Å². The van der Waals surface area contributed by atoms with Gasteiger partial charge in [0, 0.05) is 19.2 Å². The second-order valence-corrected chi connectivity index (χ2v) is 5.99. The van der Waals surface area contributed by atoms with Crippen molar-refractivity contribution < 1.29 is 4.92 Å². The number of nitrogens with one attached hydrogen (secondary N) is 1. The van der Waals surface area contributed by atoms with Crippen LogP contribution in [-0.2, 0) is 0 Å². The maximum Gasteiger partial charge on any atom is 0.324 e. The van der Waals surface area contributed by atoms with Gasteiger partial charge in [-0.25, -0.2) is 0 Å². The summed E-state index contributed by atoms with van der Waals surface area (Å²) in [5, 5.41) is 15.3. The van der Waals surface area contributed by atoms with E-state index in [2.05, 4.69) is 15.4 Å². The lowest BCUT2D eigenvalue weighted by atomic mass is 10.2. The smallest absolute Gasteiger partial charge is 0.324 e. The molecule has 0 atom stereocenters. The maximum atomic E-state index is 10.6. The first kappa shape index (κ1) is 14.9. The van der Waals surface area contributed by atoms with E-state index in [0.717, 1.165) is 42.1 Å². The van der Waals surface area contributed by atoms with Gasteiger partial charge in [0.1, 0.15) is 0 Å². The third kappa shape index (κ3) is 4.24. The number of nitro groups is 1. The monoisotopic (exact) mass is 312 g/mol. The zero-order valence-corrected chi connectivity index (χ0v) is 12.6. The summed E-state index contributed by atoms with van der Waals surface area (Å²) in [5.74, 6) is 0. The van der Waals surface area contributed by atoms with Gasteiger partial charge in [0.15, 0.2) is 5.11 Å². The van der Waals surface area contributed by atoms with E-state index in [1.807, 2.05) is 0 Å². The van der Waals surface area contributed by atoms with Crippen molar-refractivity contribution in [3.8, 4) is 0 Å². The molecule has 1 aliphatic heterocycles. The van der Waals surface area contributed by atoms with Crippen molar-refractivity contribution >= 4 is 39.9 Å². The Morgan fingerprint density at radius 2 is 2.10 bits per heavy atom. The van der Waals surface area contributed by atoms with E-state index in [1.54, 1.807) is 12.3 Å². The second kappa shape index (κ2) is 7.30. The predicted octanol–water partition coefficient (Wildman–Crippen LogP) is 2.74. The average Bonchev–Trinajstić information content (AvgIpc) is 2.73. The molecule has 1 aromatic rings. The van der Waals surface area contributed by atoms with E-state index in [-0.39, 0.29) is 5.00 Å². The highest BCUT2D eigenvalue weighted by molar-refractivity contribution is 7.80. The standard InChI is InChI=1S/C12H16N4O2S2/c17-16(18)11-6-5-10(20-11)9-13-14-12(19)15-7-3-1-2-4-8-15/h5-6,9H,1-4,7-8H2,(H,14,19)/b13-9+. The molecule has 1 aromatic heterocycles. The van der Waals surface area contributed by atoms with Gasteiger partial charge in [0.25, 0.3) is 0 Å². The quantitative estimate of drug-likeness (QED) is 0.402. The van der Waals surface area contributed by atoms with Crippen molar-refractivity contribution in [3.05, 3.63) is 27.1 Å². The molecule has 1 aliphatic rings. The molecule has 20 heavy (non-hydrogen) atoms. The fourth-order valence-electron chi connectivity index (χ4n) is 2.01. The van der Waals surface area contributed by atoms with E-state index in [0.29, 0.717) is 5.11 Å². The maximum absolute atomic E-state index is 10.6. The number of hydrazone groups is 1. The highest BCUT2D eigenvalue weighted by atomic mass is 32.1. The van der Waals surface area contributed by atoms with Crippen molar-refractivity contribution in [2.24, 2.45) is 5.10 Å². The van der Waals surface area contributed by atoms with Crippen LogP contribution in [0.3, 0.4) is 0 Å². The van der Waals surface area contributed by atoms with Crippen LogP contribution in [0.25, 0.3) is 0 Å². The molecule has 0 radical (unpaired) electrons. The number of rotatable bonds is 3. The summed E-state index contributed by atoms with van der Waals surface area (Å²) in [4.78, 5) is 13.0. The van der Waals surface area contributed by atoms with Gasteiger partial charge in [-0.1, -0.05) is 24.2 Å². The van der Waals surface area contributed by atoms with Crippen molar-refractivity contribution in [2.75, 3.05) is 13.1 Å². The fraction of sp³-hybridized carbons (Fsp3) is 0.500. The highest BCUT2D eigenvalue weighted by Crippen LogP contribution is 2.22. The predicted molar refractivity (Wildman–Crippen MR) is 84.3 cm³/mol. The molecule has 2 rings (SSSR count). The van der Waals surface area contributed by atoms with Gasteiger partial charge in [-0.05, 0) is 31.1 Å². The zero-order chi connectivity index (χ0) is 14.4. The van der Waals surface area contributed by atoms with Crippen LogP contribution in [0.15, 0.2) is 17.2 Å². The Hall–Kier alpha value is -1.54. The van der Waals surface area contributed by atoms with E-state index in [9.17, 15) is 10.1 Å². The first-order valence-corrected chi connectivity index (χ1v) is 7.71. The van der Waals surface area contributed by atoms with Crippen molar-refractivity contribution in [1.29, 1.82) is 0 Å². The third-order valence-corrected chi connectivity index (χ3v) is 4.36. The molecule has 0 bridgehead atoms. The van der Waals surface area contributed by atoms with Gasteiger partial charge >= 0.3 is 5.00 Å². The molecular formula is C12H16N4O2S2. The Kier molecular flexibility index (Phi) is 5.42. The summed E-state index contributed by atoms with van der Waals surface area (Å²) in [5.41, 5.74) is 2.83. The Morgan fingerprint density at radius 3 is 2.70 bits per heavy atom. The van der Waals surface area contributed by atoms with Crippen LogP contribution in [0.5, 0.6) is 0 Å². The number of nitrogens with zero attached hydrogens (tertiary/aromatic N) is 3. The summed E-state index contributed by atoms with van der Waals surface area (Å²) >= 11 is 6.38. The minimum Gasteiger partial charge on any atom is -0.348 e. The highest BCUT2D eigenvalue weighted by Gasteiger charge is 2.11. The van der Waals surface area contributed by atoms with Gasteiger partial charge < -0.3 is 4.90 Å². The Labute approximate surface area is 126 Å². The number of likely N-dealkylation sites (tertiary alicyclic amines) is 1. The fourth-order valence-corrected chi connectivity index (χ4v) is 2.93. The van der Waals surface area contributed by atoms with Crippen molar-refractivity contribution in [1.82, 2.24) is 10.3 Å². The van der Waals surface area contributed by atoms with Crippen LogP contribution in [0.1, 0.15) is 30.6 Å². The third-order valence-electron chi connectivity index (χ3n) is 3.04. The normalized spacial score (nSPS) is 16.1. The Morgan fingerprint density at radius 1 is 1.40 bits per heavy atom. The van der Waals surface area contributed by atoms with Gasteiger partial charge in [0.05, 0.1) is 16.0 Å². The molecule has 8 heteroatoms. The molecule has 108 valence electrons. The summed E-state index contributed by atoms with van der Waals surface area (Å²) in [6.45, 7) is 1.93.